The number of rotatable bonds is 7. The van der Waals surface area contributed by atoms with E-state index in [1.165, 1.54) is 18.2 Å². The Kier molecular flexibility index (Phi) is 7.42. The first-order chi connectivity index (χ1) is 17.9. The summed E-state index contributed by atoms with van der Waals surface area (Å²) < 4.78 is 69.6. The lowest BCUT2D eigenvalue weighted by molar-refractivity contribution is -0.137. The molecular weight excluding hydrogens is 549 g/mol. The number of carbonyl (C=O) groups is 2. The van der Waals surface area contributed by atoms with Gasteiger partial charge in [-0.05, 0) is 36.8 Å². The van der Waals surface area contributed by atoms with Crippen molar-refractivity contribution in [1.29, 1.82) is 0 Å². The first-order valence-electron chi connectivity index (χ1n) is 11.0. The van der Waals surface area contributed by atoms with Crippen molar-refractivity contribution in [2.75, 3.05) is 16.4 Å². The molecule has 4 rings (SSSR count). The number of nitrogens with zero attached hydrogens (tertiary/aromatic N) is 2. The van der Waals surface area contributed by atoms with Gasteiger partial charge in [-0.2, -0.15) is 13.2 Å². The third-order valence-corrected chi connectivity index (χ3v) is 7.15. The number of alkyl halides is 3. The van der Waals surface area contributed by atoms with E-state index in [1.807, 2.05) is 0 Å². The highest BCUT2D eigenvalue weighted by molar-refractivity contribution is 7.91. The topological polar surface area (TPSA) is 131 Å². The lowest BCUT2D eigenvalue weighted by atomic mass is 10.2. The number of hydrogen-bond acceptors (Lipinski definition) is 7. The van der Waals surface area contributed by atoms with Crippen molar-refractivity contribution < 1.29 is 35.6 Å². The number of anilines is 2. The van der Waals surface area contributed by atoms with Gasteiger partial charge < -0.3 is 15.1 Å². The number of amides is 2. The molecule has 9 nitrogen and oxygen atoms in total. The Balaban J connectivity index is 1.70. The molecule has 4 aromatic rings. The minimum Gasteiger partial charge on any atom is -0.449 e. The molecule has 0 spiro atoms. The molecule has 2 amide bonds. The molecule has 0 aliphatic heterocycles. The Bertz CT molecular complexity index is 1650. The first kappa shape index (κ1) is 27.1. The van der Waals surface area contributed by atoms with E-state index in [-0.39, 0.29) is 27.7 Å². The summed E-state index contributed by atoms with van der Waals surface area (Å²) in [6, 6.07) is 10.2. The van der Waals surface area contributed by atoms with Crippen molar-refractivity contribution in [3.8, 4) is 0 Å². The van der Waals surface area contributed by atoms with Crippen LogP contribution < -0.4 is 10.6 Å². The van der Waals surface area contributed by atoms with Crippen molar-refractivity contribution in [1.82, 2.24) is 9.97 Å². The number of fused-ring (bicyclic) bond motifs is 1. The first-order valence-corrected chi connectivity index (χ1v) is 13.0. The Hall–Kier alpha value is -3.97. The van der Waals surface area contributed by atoms with Crippen molar-refractivity contribution in [2.24, 2.45) is 0 Å². The summed E-state index contributed by atoms with van der Waals surface area (Å²) in [7, 11) is -3.87. The summed E-state index contributed by atoms with van der Waals surface area (Å²) in [6.45, 7) is 1.65. The molecule has 2 aromatic heterocycles. The predicted octanol–water partition coefficient (Wildman–Crippen LogP) is 5.58. The van der Waals surface area contributed by atoms with Crippen molar-refractivity contribution in [3.05, 3.63) is 76.8 Å². The molecule has 0 bridgehead atoms. The number of aromatic nitrogens is 2. The van der Waals surface area contributed by atoms with E-state index in [4.69, 9.17) is 16.0 Å². The monoisotopic (exact) mass is 566 g/mol. The van der Waals surface area contributed by atoms with Gasteiger partial charge in [0.2, 0.25) is 20.8 Å². The molecule has 0 atom stereocenters. The van der Waals surface area contributed by atoms with Gasteiger partial charge in [-0.25, -0.2) is 18.4 Å². The number of nitrogens with one attached hydrogen (secondary N) is 2. The van der Waals surface area contributed by atoms with Gasteiger partial charge in [-0.3, -0.25) is 9.59 Å². The third kappa shape index (κ3) is 5.63. The lowest BCUT2D eigenvalue weighted by Gasteiger charge is -2.10. The summed E-state index contributed by atoms with van der Waals surface area (Å²) in [5.74, 6) is -2.58. The fourth-order valence-electron chi connectivity index (χ4n) is 3.48. The molecule has 198 valence electrons. The van der Waals surface area contributed by atoms with Gasteiger partial charge in [0.25, 0.3) is 11.8 Å². The van der Waals surface area contributed by atoms with Crippen LogP contribution in [0.25, 0.3) is 11.0 Å². The highest BCUT2D eigenvalue weighted by atomic mass is 35.5. The molecule has 0 radical (unpaired) electrons. The highest BCUT2D eigenvalue weighted by Gasteiger charge is 2.31. The van der Waals surface area contributed by atoms with Gasteiger partial charge in [0, 0.05) is 11.1 Å². The quantitative estimate of drug-likeness (QED) is 0.279. The summed E-state index contributed by atoms with van der Waals surface area (Å²) in [4.78, 5) is 33.7. The van der Waals surface area contributed by atoms with Gasteiger partial charge in [-0.1, -0.05) is 36.7 Å². The van der Waals surface area contributed by atoms with Gasteiger partial charge >= 0.3 is 6.18 Å². The number of carbonyl (C=O) groups excluding carboxylic acids is 2. The third-order valence-electron chi connectivity index (χ3n) is 5.18. The standard InChI is InChI=1S/C24H18ClF3N4O5S/c1-2-10-38(35,36)23-29-12-16(25)19(32-23)21(33)31-18-15-8-3-4-9-17(15)37-20(18)22(34)30-14-7-5-6-13(11-14)24(26,27)28/h3-9,11-12H,2,10H2,1H3,(H,30,34)(H,31,33). The fourth-order valence-corrected chi connectivity index (χ4v) is 4.82. The molecule has 2 heterocycles. The summed E-state index contributed by atoms with van der Waals surface area (Å²) in [5, 5.41) is 4.24. The van der Waals surface area contributed by atoms with Crippen LogP contribution in [0.1, 0.15) is 40.0 Å². The molecule has 0 fully saturated rings. The number of halogens is 4. The van der Waals surface area contributed by atoms with Crippen molar-refractivity contribution >= 4 is 55.6 Å². The van der Waals surface area contributed by atoms with E-state index in [1.54, 1.807) is 19.1 Å². The number of hydrogen-bond donors (Lipinski definition) is 2. The number of furan rings is 1. The van der Waals surface area contributed by atoms with Gasteiger partial charge in [0.15, 0.2) is 5.69 Å². The van der Waals surface area contributed by atoms with E-state index in [0.29, 0.717) is 11.8 Å². The average Bonchev–Trinajstić information content (AvgIpc) is 3.22. The molecule has 0 saturated heterocycles. The summed E-state index contributed by atoms with van der Waals surface area (Å²) in [5.41, 5.74) is -1.53. The van der Waals surface area contributed by atoms with E-state index >= 15 is 0 Å². The zero-order valence-electron chi connectivity index (χ0n) is 19.5. The Morgan fingerprint density at radius 3 is 2.50 bits per heavy atom. The fraction of sp³-hybridized carbons (Fsp3) is 0.167. The molecule has 0 aliphatic carbocycles. The second-order valence-corrected chi connectivity index (χ2v) is 10.4. The van der Waals surface area contributed by atoms with Crippen LogP contribution in [0.4, 0.5) is 24.5 Å². The zero-order valence-corrected chi connectivity index (χ0v) is 21.0. The molecule has 2 aromatic carbocycles. The Labute approximate surface area is 218 Å². The van der Waals surface area contributed by atoms with Crippen LogP contribution in [-0.4, -0.2) is 36.0 Å². The second-order valence-electron chi connectivity index (χ2n) is 7.96. The SMILES string of the molecule is CCCS(=O)(=O)c1ncc(Cl)c(C(=O)Nc2c(C(=O)Nc3cccc(C(F)(F)F)c3)oc3ccccc23)n1. The molecule has 2 N–H and O–H groups in total. The van der Waals surface area contributed by atoms with Crippen LogP contribution in [0.2, 0.25) is 5.02 Å². The Morgan fingerprint density at radius 1 is 1.05 bits per heavy atom. The maximum atomic E-state index is 13.1. The van der Waals surface area contributed by atoms with E-state index < -0.39 is 50.0 Å². The highest BCUT2D eigenvalue weighted by Crippen LogP contribution is 2.34. The molecule has 0 aliphatic rings. The molecule has 14 heteroatoms. The lowest BCUT2D eigenvalue weighted by Crippen LogP contribution is -2.20. The molecule has 0 unspecified atom stereocenters. The van der Waals surface area contributed by atoms with Crippen LogP contribution in [0.15, 0.2) is 64.3 Å². The summed E-state index contributed by atoms with van der Waals surface area (Å²) in [6.07, 6.45) is -3.36. The molecular formula is C24H18ClF3N4O5S. The van der Waals surface area contributed by atoms with E-state index in [9.17, 15) is 31.2 Å². The van der Waals surface area contributed by atoms with Crippen LogP contribution in [-0.2, 0) is 16.0 Å². The van der Waals surface area contributed by atoms with Crippen LogP contribution in [0.5, 0.6) is 0 Å². The number of sulfone groups is 1. The van der Waals surface area contributed by atoms with Gasteiger partial charge in [-0.15, -0.1) is 0 Å². The normalized spacial score (nSPS) is 11.9. The molecule has 0 saturated carbocycles. The second kappa shape index (κ2) is 10.4. The van der Waals surface area contributed by atoms with Crippen molar-refractivity contribution in [2.45, 2.75) is 24.7 Å². The van der Waals surface area contributed by atoms with E-state index in [0.717, 1.165) is 24.4 Å². The van der Waals surface area contributed by atoms with Crippen LogP contribution >= 0.6 is 11.6 Å². The number of benzene rings is 2. The summed E-state index contributed by atoms with van der Waals surface area (Å²) >= 11 is 6.06. The number of para-hydroxylation sites is 1. The van der Waals surface area contributed by atoms with Crippen LogP contribution in [0, 0.1) is 0 Å². The molecule has 38 heavy (non-hydrogen) atoms. The minimum absolute atomic E-state index is 0.122. The van der Waals surface area contributed by atoms with E-state index in [2.05, 4.69) is 20.6 Å². The average molecular weight is 567 g/mol. The van der Waals surface area contributed by atoms with Crippen LogP contribution in [0.3, 0.4) is 0 Å². The maximum absolute atomic E-state index is 13.1. The van der Waals surface area contributed by atoms with Gasteiger partial charge in [0.1, 0.15) is 11.3 Å². The van der Waals surface area contributed by atoms with Crippen molar-refractivity contribution in [3.63, 3.8) is 0 Å². The smallest absolute Gasteiger partial charge is 0.416 e. The Morgan fingerprint density at radius 2 is 1.79 bits per heavy atom. The largest absolute Gasteiger partial charge is 0.449 e. The van der Waals surface area contributed by atoms with Gasteiger partial charge in [0.05, 0.1) is 22.5 Å². The zero-order chi connectivity index (χ0) is 27.7. The predicted molar refractivity (Wildman–Crippen MR) is 133 cm³/mol. The minimum atomic E-state index is -4.63. The maximum Gasteiger partial charge on any atom is 0.416 e.